The molecule has 3 aliphatic rings. The van der Waals surface area contributed by atoms with E-state index in [4.69, 9.17) is 0 Å². The lowest BCUT2D eigenvalue weighted by Gasteiger charge is -2.33. The van der Waals surface area contributed by atoms with Crippen molar-refractivity contribution in [2.24, 2.45) is 11.8 Å². The van der Waals surface area contributed by atoms with Gasteiger partial charge in [-0.3, -0.25) is 14.5 Å². The van der Waals surface area contributed by atoms with Gasteiger partial charge in [0, 0.05) is 6.04 Å². The largest absolute Gasteiger partial charge is 0.352 e. The highest BCUT2D eigenvalue weighted by molar-refractivity contribution is 6.09. The third kappa shape index (κ3) is 3.42. The molecule has 2 saturated carbocycles. The molecule has 1 aliphatic heterocycles. The molecule has 6 heteroatoms. The number of urea groups is 1. The minimum absolute atomic E-state index is 0.160. The number of imide groups is 1. The first kappa shape index (κ1) is 17.2. The molecule has 1 saturated heterocycles. The molecule has 1 spiro atoms. The second-order valence-electron chi connectivity index (χ2n) is 8.12. The normalized spacial score (nSPS) is 36.8. The molecule has 0 aromatic heterocycles. The van der Waals surface area contributed by atoms with E-state index in [1.165, 1.54) is 6.42 Å². The number of nitrogens with zero attached hydrogens (tertiary/aromatic N) is 1. The summed E-state index contributed by atoms with van der Waals surface area (Å²) in [6, 6.07) is -0.242. The Balaban J connectivity index is 1.57. The predicted octanol–water partition coefficient (Wildman–Crippen LogP) is 2.18. The summed E-state index contributed by atoms with van der Waals surface area (Å²) in [5.74, 6) is 0.768. The number of amides is 4. The quantitative estimate of drug-likeness (QED) is 0.776. The zero-order chi connectivity index (χ0) is 17.3. The van der Waals surface area contributed by atoms with Crippen LogP contribution in [0, 0.1) is 11.8 Å². The molecule has 4 amide bonds. The molecule has 0 bridgehead atoms. The first-order valence-electron chi connectivity index (χ1n) is 9.33. The van der Waals surface area contributed by atoms with Gasteiger partial charge < -0.3 is 10.6 Å². The van der Waals surface area contributed by atoms with Gasteiger partial charge in [-0.1, -0.05) is 26.7 Å². The van der Waals surface area contributed by atoms with Crippen molar-refractivity contribution >= 4 is 17.8 Å². The molecule has 3 rings (SSSR count). The van der Waals surface area contributed by atoms with Gasteiger partial charge in [0.15, 0.2) is 0 Å². The Bertz CT molecular complexity index is 526. The van der Waals surface area contributed by atoms with E-state index in [0.29, 0.717) is 24.7 Å². The zero-order valence-electron chi connectivity index (χ0n) is 14.8. The first-order chi connectivity index (χ1) is 11.4. The lowest BCUT2D eigenvalue weighted by Crippen LogP contribution is -2.50. The number of rotatable bonds is 3. The van der Waals surface area contributed by atoms with Crippen LogP contribution in [0.1, 0.15) is 65.2 Å². The molecule has 6 nitrogen and oxygen atoms in total. The molecular formula is C18H29N3O3. The van der Waals surface area contributed by atoms with Gasteiger partial charge in [0.05, 0.1) is 0 Å². The van der Waals surface area contributed by atoms with Crippen molar-refractivity contribution < 1.29 is 14.4 Å². The van der Waals surface area contributed by atoms with Gasteiger partial charge in [0.1, 0.15) is 12.1 Å². The van der Waals surface area contributed by atoms with Crippen molar-refractivity contribution in [1.82, 2.24) is 15.5 Å². The molecule has 2 N–H and O–H groups in total. The van der Waals surface area contributed by atoms with Crippen molar-refractivity contribution in [2.75, 3.05) is 6.54 Å². The Morgan fingerprint density at radius 2 is 1.88 bits per heavy atom. The van der Waals surface area contributed by atoms with Crippen LogP contribution in [-0.2, 0) is 9.59 Å². The molecule has 0 aromatic carbocycles. The number of hydrogen-bond donors (Lipinski definition) is 2. The zero-order valence-corrected chi connectivity index (χ0v) is 14.8. The minimum Gasteiger partial charge on any atom is -0.352 e. The highest BCUT2D eigenvalue weighted by Crippen LogP contribution is 2.36. The summed E-state index contributed by atoms with van der Waals surface area (Å²) < 4.78 is 0. The number of carbonyl (C=O) groups excluding carboxylic acids is 3. The molecular weight excluding hydrogens is 306 g/mol. The average Bonchev–Trinajstić information content (AvgIpc) is 2.75. The van der Waals surface area contributed by atoms with E-state index in [-0.39, 0.29) is 24.4 Å². The van der Waals surface area contributed by atoms with Gasteiger partial charge in [0.25, 0.3) is 5.91 Å². The fraction of sp³-hybridized carbons (Fsp3) is 0.833. The van der Waals surface area contributed by atoms with Gasteiger partial charge in [-0.05, 0) is 50.4 Å². The van der Waals surface area contributed by atoms with Gasteiger partial charge >= 0.3 is 6.03 Å². The fourth-order valence-corrected chi connectivity index (χ4v) is 4.40. The maximum absolute atomic E-state index is 12.7. The molecule has 0 radical (unpaired) electrons. The first-order valence-corrected chi connectivity index (χ1v) is 9.33. The van der Waals surface area contributed by atoms with Crippen molar-refractivity contribution in [1.29, 1.82) is 0 Å². The lowest BCUT2D eigenvalue weighted by atomic mass is 9.77. The van der Waals surface area contributed by atoms with E-state index in [1.54, 1.807) is 0 Å². The van der Waals surface area contributed by atoms with Crippen LogP contribution in [-0.4, -0.2) is 40.9 Å². The summed E-state index contributed by atoms with van der Waals surface area (Å²) in [4.78, 5) is 38.4. The van der Waals surface area contributed by atoms with E-state index in [0.717, 1.165) is 37.0 Å². The molecule has 0 aromatic rings. The Kier molecular flexibility index (Phi) is 4.83. The smallest absolute Gasteiger partial charge is 0.325 e. The van der Waals surface area contributed by atoms with Gasteiger partial charge in [-0.15, -0.1) is 0 Å². The Morgan fingerprint density at radius 1 is 1.17 bits per heavy atom. The summed E-state index contributed by atoms with van der Waals surface area (Å²) >= 11 is 0. The standard InChI is InChI=1S/C18H29N3O3/c1-12-6-8-18(9-7-12)16(23)21(17(24)20-18)11-15(22)19-14-5-3-4-13(2)10-14/h12-14H,3-11H2,1-2H3,(H,19,22)(H,20,24). The topological polar surface area (TPSA) is 78.5 Å². The van der Waals surface area contributed by atoms with Gasteiger partial charge in [-0.25, -0.2) is 4.79 Å². The second-order valence-corrected chi connectivity index (χ2v) is 8.12. The predicted molar refractivity (Wildman–Crippen MR) is 90.2 cm³/mol. The van der Waals surface area contributed by atoms with Crippen LogP contribution in [0.2, 0.25) is 0 Å². The van der Waals surface area contributed by atoms with Crippen LogP contribution >= 0.6 is 0 Å². The SMILES string of the molecule is CC1CCC2(CC1)NC(=O)N(CC(=O)NC1CCCC(C)C1)C2=O. The van der Waals surface area contributed by atoms with Crippen LogP contribution in [0.5, 0.6) is 0 Å². The summed E-state index contributed by atoms with van der Waals surface area (Å²) in [6.07, 6.45) is 7.52. The third-order valence-corrected chi connectivity index (χ3v) is 5.98. The van der Waals surface area contributed by atoms with E-state index in [1.807, 2.05) is 0 Å². The van der Waals surface area contributed by atoms with Gasteiger partial charge in [-0.2, -0.15) is 0 Å². The van der Waals surface area contributed by atoms with Crippen molar-refractivity contribution in [3.63, 3.8) is 0 Å². The highest BCUT2D eigenvalue weighted by atomic mass is 16.2. The maximum Gasteiger partial charge on any atom is 0.325 e. The van der Waals surface area contributed by atoms with E-state index in [9.17, 15) is 14.4 Å². The molecule has 24 heavy (non-hydrogen) atoms. The van der Waals surface area contributed by atoms with E-state index < -0.39 is 11.6 Å². The maximum atomic E-state index is 12.7. The summed E-state index contributed by atoms with van der Waals surface area (Å²) in [5, 5.41) is 5.87. The molecule has 3 fully saturated rings. The van der Waals surface area contributed by atoms with Crippen LogP contribution in [0.3, 0.4) is 0 Å². The van der Waals surface area contributed by atoms with Crippen LogP contribution in [0.25, 0.3) is 0 Å². The van der Waals surface area contributed by atoms with Crippen LogP contribution in [0.15, 0.2) is 0 Å². The minimum atomic E-state index is -0.761. The van der Waals surface area contributed by atoms with Crippen molar-refractivity contribution in [3.8, 4) is 0 Å². The van der Waals surface area contributed by atoms with E-state index >= 15 is 0 Å². The van der Waals surface area contributed by atoms with Crippen LogP contribution in [0.4, 0.5) is 4.79 Å². The van der Waals surface area contributed by atoms with E-state index in [2.05, 4.69) is 24.5 Å². The summed E-state index contributed by atoms with van der Waals surface area (Å²) in [5.41, 5.74) is -0.761. The van der Waals surface area contributed by atoms with Crippen molar-refractivity contribution in [2.45, 2.75) is 76.8 Å². The Morgan fingerprint density at radius 3 is 2.54 bits per heavy atom. The average molecular weight is 335 g/mol. The Labute approximate surface area is 143 Å². The molecule has 2 atom stereocenters. The second kappa shape index (κ2) is 6.73. The Hall–Kier alpha value is -1.59. The molecule has 1 heterocycles. The number of carbonyl (C=O) groups is 3. The fourth-order valence-electron chi connectivity index (χ4n) is 4.40. The molecule has 134 valence electrons. The number of hydrogen-bond acceptors (Lipinski definition) is 3. The molecule has 2 aliphatic carbocycles. The monoisotopic (exact) mass is 335 g/mol. The lowest BCUT2D eigenvalue weighted by molar-refractivity contribution is -0.136. The number of nitrogens with one attached hydrogen (secondary N) is 2. The van der Waals surface area contributed by atoms with Crippen LogP contribution < -0.4 is 10.6 Å². The summed E-state index contributed by atoms with van der Waals surface area (Å²) in [6.45, 7) is 4.21. The van der Waals surface area contributed by atoms with Crippen molar-refractivity contribution in [3.05, 3.63) is 0 Å². The highest BCUT2D eigenvalue weighted by Gasteiger charge is 2.52. The summed E-state index contributed by atoms with van der Waals surface area (Å²) in [7, 11) is 0. The third-order valence-electron chi connectivity index (χ3n) is 5.98. The molecule has 2 unspecified atom stereocenters. The van der Waals surface area contributed by atoms with Gasteiger partial charge in [0.2, 0.25) is 5.91 Å².